The van der Waals surface area contributed by atoms with Gasteiger partial charge in [0.2, 0.25) is 0 Å². The van der Waals surface area contributed by atoms with Crippen LogP contribution in [0.5, 0.6) is 0 Å². The van der Waals surface area contributed by atoms with E-state index in [9.17, 15) is 18.4 Å². The van der Waals surface area contributed by atoms with E-state index in [0.29, 0.717) is 5.56 Å². The van der Waals surface area contributed by atoms with Gasteiger partial charge in [-0.2, -0.15) is 0 Å². The summed E-state index contributed by atoms with van der Waals surface area (Å²) in [5, 5.41) is 4.95. The fourth-order valence-corrected chi connectivity index (χ4v) is 2.34. The third kappa shape index (κ3) is 4.52. The second-order valence-corrected chi connectivity index (χ2v) is 5.62. The zero-order chi connectivity index (χ0) is 19.2. The third-order valence-corrected chi connectivity index (χ3v) is 3.73. The van der Waals surface area contributed by atoms with Crippen LogP contribution < -0.4 is 10.6 Å². The molecule has 2 aromatic carbocycles. The molecule has 2 amide bonds. The average molecular weight is 367 g/mol. The van der Waals surface area contributed by atoms with Crippen molar-refractivity contribution in [2.45, 2.75) is 6.54 Å². The molecule has 0 aliphatic rings. The van der Waals surface area contributed by atoms with Crippen molar-refractivity contribution < 1.29 is 18.4 Å². The van der Waals surface area contributed by atoms with Gasteiger partial charge in [0, 0.05) is 12.1 Å². The monoisotopic (exact) mass is 367 g/mol. The molecule has 0 fully saturated rings. The van der Waals surface area contributed by atoms with Crippen molar-refractivity contribution in [1.82, 2.24) is 10.3 Å². The normalized spacial score (nSPS) is 10.3. The lowest BCUT2D eigenvalue weighted by Crippen LogP contribution is -2.25. The van der Waals surface area contributed by atoms with Crippen LogP contribution >= 0.6 is 0 Å². The third-order valence-electron chi connectivity index (χ3n) is 3.73. The Hall–Kier alpha value is -3.61. The maximum absolute atomic E-state index is 13.6. The van der Waals surface area contributed by atoms with Crippen LogP contribution in [0.2, 0.25) is 0 Å². The predicted octanol–water partition coefficient (Wildman–Crippen LogP) is 3.54. The van der Waals surface area contributed by atoms with Crippen molar-refractivity contribution in [2.75, 3.05) is 5.32 Å². The Morgan fingerprint density at radius 2 is 1.41 bits per heavy atom. The SMILES string of the molecule is O=C(NCc1ccccc1F)c1cccc(C(=O)Nc2ccccc2F)n1. The number of hydrogen-bond donors (Lipinski definition) is 2. The van der Waals surface area contributed by atoms with Crippen molar-refractivity contribution in [1.29, 1.82) is 0 Å². The summed E-state index contributed by atoms with van der Waals surface area (Å²) in [4.78, 5) is 28.5. The van der Waals surface area contributed by atoms with Crippen molar-refractivity contribution in [3.05, 3.63) is 95.3 Å². The van der Waals surface area contributed by atoms with E-state index in [1.807, 2.05) is 0 Å². The Balaban J connectivity index is 1.69. The molecule has 0 atom stereocenters. The number of aromatic nitrogens is 1. The van der Waals surface area contributed by atoms with Crippen molar-refractivity contribution >= 4 is 17.5 Å². The molecule has 3 rings (SSSR count). The first-order valence-electron chi connectivity index (χ1n) is 8.09. The lowest BCUT2D eigenvalue weighted by Gasteiger charge is -2.08. The van der Waals surface area contributed by atoms with Crippen LogP contribution in [0.4, 0.5) is 14.5 Å². The van der Waals surface area contributed by atoms with Gasteiger partial charge in [-0.1, -0.05) is 36.4 Å². The number of hydrogen-bond acceptors (Lipinski definition) is 3. The second kappa shape index (κ2) is 8.18. The van der Waals surface area contributed by atoms with E-state index in [1.165, 1.54) is 42.5 Å². The van der Waals surface area contributed by atoms with Gasteiger partial charge in [0.15, 0.2) is 0 Å². The molecule has 27 heavy (non-hydrogen) atoms. The summed E-state index contributed by atoms with van der Waals surface area (Å²) >= 11 is 0. The molecule has 0 saturated heterocycles. The molecular formula is C20H15F2N3O2. The first-order valence-corrected chi connectivity index (χ1v) is 8.09. The highest BCUT2D eigenvalue weighted by molar-refractivity contribution is 6.03. The number of anilines is 1. The molecule has 0 unspecified atom stereocenters. The highest BCUT2D eigenvalue weighted by Crippen LogP contribution is 2.14. The minimum Gasteiger partial charge on any atom is -0.347 e. The Labute approximate surface area is 154 Å². The molecule has 0 radical (unpaired) electrons. The number of nitrogens with zero attached hydrogens (tertiary/aromatic N) is 1. The first-order chi connectivity index (χ1) is 13.0. The topological polar surface area (TPSA) is 71.1 Å². The molecule has 5 nitrogen and oxygen atoms in total. The van der Waals surface area contributed by atoms with Crippen LogP contribution in [-0.2, 0) is 6.54 Å². The van der Waals surface area contributed by atoms with Gasteiger partial charge < -0.3 is 10.6 Å². The number of para-hydroxylation sites is 1. The molecule has 1 heterocycles. The molecule has 3 aromatic rings. The van der Waals surface area contributed by atoms with Crippen LogP contribution in [0.15, 0.2) is 66.7 Å². The largest absolute Gasteiger partial charge is 0.347 e. The van der Waals surface area contributed by atoms with Gasteiger partial charge in [-0.3, -0.25) is 9.59 Å². The second-order valence-electron chi connectivity index (χ2n) is 5.62. The van der Waals surface area contributed by atoms with E-state index in [0.717, 1.165) is 0 Å². The summed E-state index contributed by atoms with van der Waals surface area (Å²) in [6.45, 7) is -0.0150. The van der Waals surface area contributed by atoms with Crippen LogP contribution in [0, 0.1) is 11.6 Å². The van der Waals surface area contributed by atoms with E-state index in [2.05, 4.69) is 15.6 Å². The Morgan fingerprint density at radius 1 is 0.778 bits per heavy atom. The molecule has 0 aliphatic heterocycles. The number of benzene rings is 2. The van der Waals surface area contributed by atoms with Crippen molar-refractivity contribution in [3.8, 4) is 0 Å². The van der Waals surface area contributed by atoms with Gasteiger partial charge in [-0.15, -0.1) is 0 Å². The summed E-state index contributed by atoms with van der Waals surface area (Å²) in [6, 6.07) is 16.1. The maximum atomic E-state index is 13.6. The maximum Gasteiger partial charge on any atom is 0.274 e. The summed E-state index contributed by atoms with van der Waals surface area (Å²) in [5.74, 6) is -2.21. The van der Waals surface area contributed by atoms with E-state index >= 15 is 0 Å². The standard InChI is InChI=1S/C20H15F2N3O2/c21-14-7-2-1-6-13(14)12-23-19(26)17-10-5-11-18(24-17)20(27)25-16-9-4-3-8-15(16)22/h1-11H,12H2,(H,23,26)(H,25,27). The zero-order valence-corrected chi connectivity index (χ0v) is 14.1. The predicted molar refractivity (Wildman–Crippen MR) is 96.2 cm³/mol. The quantitative estimate of drug-likeness (QED) is 0.725. The summed E-state index contributed by atoms with van der Waals surface area (Å²) < 4.78 is 27.2. The molecular weight excluding hydrogens is 352 g/mol. The number of carbonyl (C=O) groups excluding carboxylic acids is 2. The Morgan fingerprint density at radius 3 is 2.11 bits per heavy atom. The molecule has 136 valence electrons. The van der Waals surface area contributed by atoms with Crippen molar-refractivity contribution in [3.63, 3.8) is 0 Å². The molecule has 0 saturated carbocycles. The molecule has 2 N–H and O–H groups in total. The van der Waals surface area contributed by atoms with E-state index in [1.54, 1.807) is 24.3 Å². The van der Waals surface area contributed by atoms with Gasteiger partial charge in [0.05, 0.1) is 5.69 Å². The van der Waals surface area contributed by atoms with Crippen LogP contribution in [0.3, 0.4) is 0 Å². The van der Waals surface area contributed by atoms with Gasteiger partial charge in [-0.05, 0) is 30.3 Å². The van der Waals surface area contributed by atoms with E-state index in [-0.39, 0.29) is 23.6 Å². The minimum atomic E-state index is -0.649. The highest BCUT2D eigenvalue weighted by Gasteiger charge is 2.14. The fourth-order valence-electron chi connectivity index (χ4n) is 2.34. The molecule has 0 bridgehead atoms. The Bertz CT molecular complexity index is 992. The minimum absolute atomic E-state index is 0.00692. The highest BCUT2D eigenvalue weighted by atomic mass is 19.1. The molecule has 0 aliphatic carbocycles. The van der Waals surface area contributed by atoms with Gasteiger partial charge in [0.25, 0.3) is 11.8 Å². The summed E-state index contributed by atoms with van der Waals surface area (Å²) in [5.41, 5.74) is 0.294. The number of carbonyl (C=O) groups is 2. The molecule has 1 aromatic heterocycles. The van der Waals surface area contributed by atoms with Crippen LogP contribution in [0.1, 0.15) is 26.5 Å². The number of amides is 2. The Kier molecular flexibility index (Phi) is 5.51. The summed E-state index contributed by atoms with van der Waals surface area (Å²) in [7, 11) is 0. The smallest absolute Gasteiger partial charge is 0.274 e. The van der Waals surface area contributed by atoms with Gasteiger partial charge in [0.1, 0.15) is 23.0 Å². The van der Waals surface area contributed by atoms with E-state index in [4.69, 9.17) is 0 Å². The number of rotatable bonds is 5. The van der Waals surface area contributed by atoms with E-state index < -0.39 is 23.4 Å². The first kappa shape index (κ1) is 18.2. The number of halogens is 2. The number of pyridine rings is 1. The average Bonchev–Trinajstić information content (AvgIpc) is 2.69. The zero-order valence-electron chi connectivity index (χ0n) is 14.1. The molecule has 7 heteroatoms. The van der Waals surface area contributed by atoms with Gasteiger partial charge >= 0.3 is 0 Å². The lowest BCUT2D eigenvalue weighted by atomic mass is 10.2. The molecule has 0 spiro atoms. The summed E-state index contributed by atoms with van der Waals surface area (Å²) in [6.07, 6.45) is 0. The van der Waals surface area contributed by atoms with Crippen molar-refractivity contribution in [2.24, 2.45) is 0 Å². The van der Waals surface area contributed by atoms with Gasteiger partial charge in [-0.25, -0.2) is 13.8 Å². The van der Waals surface area contributed by atoms with Crippen LogP contribution in [0.25, 0.3) is 0 Å². The fraction of sp³-hybridized carbons (Fsp3) is 0.0500. The lowest BCUT2D eigenvalue weighted by molar-refractivity contribution is 0.0945. The van der Waals surface area contributed by atoms with Crippen LogP contribution in [-0.4, -0.2) is 16.8 Å². The number of nitrogens with one attached hydrogen (secondary N) is 2.